The Kier molecular flexibility index (Phi) is 69.1. The maximum atomic E-state index is 13.0. The van der Waals surface area contributed by atoms with Gasteiger partial charge in [0.2, 0.25) is 0 Å². The first-order valence-electron chi connectivity index (χ1n) is 37.0. The minimum absolute atomic E-state index is 0.0703. The molecule has 0 rings (SSSR count). The summed E-state index contributed by atoms with van der Waals surface area (Å²) in [5.41, 5.74) is 0. The van der Waals surface area contributed by atoms with Crippen molar-refractivity contribution in [3.63, 3.8) is 0 Å². The summed E-state index contributed by atoms with van der Waals surface area (Å²) >= 11 is 0. The zero-order chi connectivity index (χ0) is 59.2. The van der Waals surface area contributed by atoms with E-state index in [1.54, 1.807) is 0 Å². The van der Waals surface area contributed by atoms with E-state index in [1.807, 2.05) is 0 Å². The summed E-state index contributed by atoms with van der Waals surface area (Å²) in [6, 6.07) is 0. The van der Waals surface area contributed by atoms with Gasteiger partial charge in [-0.1, -0.05) is 353 Å². The molecule has 0 aliphatic heterocycles. The van der Waals surface area contributed by atoms with Crippen molar-refractivity contribution in [2.75, 3.05) is 13.2 Å². The fraction of sp³-hybridized carbons (Fsp3) is 0.882. The highest BCUT2D eigenvalue weighted by molar-refractivity contribution is 5.71. The molecular weight excluding hydrogens is 1010 g/mol. The van der Waals surface area contributed by atoms with Crippen LogP contribution < -0.4 is 0 Å². The van der Waals surface area contributed by atoms with E-state index in [2.05, 4.69) is 57.2 Å². The van der Waals surface area contributed by atoms with E-state index < -0.39 is 6.10 Å². The Bertz CT molecular complexity index is 1370. The average Bonchev–Trinajstić information content (AvgIpc) is 3.47. The van der Waals surface area contributed by atoms with Gasteiger partial charge < -0.3 is 14.2 Å². The number of allylic oxidation sites excluding steroid dienone is 6. The minimum Gasteiger partial charge on any atom is -0.462 e. The fourth-order valence-electron chi connectivity index (χ4n) is 11.3. The molecule has 0 saturated carbocycles. The Hall–Kier alpha value is -2.37. The number of rotatable bonds is 69. The lowest BCUT2D eigenvalue weighted by Crippen LogP contribution is -2.30. The Morgan fingerprint density at radius 2 is 0.439 bits per heavy atom. The molecule has 1 unspecified atom stereocenters. The third-order valence-electron chi connectivity index (χ3n) is 16.9. The number of esters is 3. The van der Waals surface area contributed by atoms with Gasteiger partial charge >= 0.3 is 17.9 Å². The lowest BCUT2D eigenvalue weighted by Gasteiger charge is -2.18. The predicted molar refractivity (Wildman–Crippen MR) is 358 cm³/mol. The summed E-state index contributed by atoms with van der Waals surface area (Å²) < 4.78 is 17.0. The van der Waals surface area contributed by atoms with E-state index in [0.29, 0.717) is 19.3 Å². The molecule has 0 aromatic rings. The summed E-state index contributed by atoms with van der Waals surface area (Å²) in [6.45, 7) is 6.70. The van der Waals surface area contributed by atoms with Crippen LogP contribution in [0.5, 0.6) is 0 Å². The molecule has 0 aromatic heterocycles. The molecular formula is C76H142O6. The highest BCUT2D eigenvalue weighted by atomic mass is 16.6. The predicted octanol–water partition coefficient (Wildman–Crippen LogP) is 25.5. The summed E-state index contributed by atoms with van der Waals surface area (Å²) in [5, 5.41) is 0. The van der Waals surface area contributed by atoms with Gasteiger partial charge in [0, 0.05) is 19.3 Å². The molecule has 482 valence electrons. The van der Waals surface area contributed by atoms with Gasteiger partial charge in [0.15, 0.2) is 6.10 Å². The van der Waals surface area contributed by atoms with Crippen molar-refractivity contribution in [2.45, 2.75) is 419 Å². The van der Waals surface area contributed by atoms with Crippen LogP contribution in [-0.2, 0) is 28.6 Å². The SMILES string of the molecule is CCCCCCC/C=C\C/C=C\CCCCCCCCCCCC(=O)OC(COC(=O)CCCCCCCCC/C=C\CCCCCCCC)COC(=O)CCCCCCCCCCCCCCCCCCCCCCCCCCCC. The normalized spacial score (nSPS) is 12.2. The highest BCUT2D eigenvalue weighted by Gasteiger charge is 2.19. The summed E-state index contributed by atoms with van der Waals surface area (Å²) in [6.07, 6.45) is 88.9. The van der Waals surface area contributed by atoms with Crippen LogP contribution in [0.4, 0.5) is 0 Å². The van der Waals surface area contributed by atoms with E-state index in [-0.39, 0.29) is 31.1 Å². The Balaban J connectivity index is 4.28. The molecule has 0 fully saturated rings. The zero-order valence-corrected chi connectivity index (χ0v) is 55.5. The largest absolute Gasteiger partial charge is 0.462 e. The smallest absolute Gasteiger partial charge is 0.306 e. The van der Waals surface area contributed by atoms with Crippen LogP contribution in [0.1, 0.15) is 412 Å². The molecule has 0 aliphatic rings. The van der Waals surface area contributed by atoms with Crippen molar-refractivity contribution in [2.24, 2.45) is 0 Å². The van der Waals surface area contributed by atoms with Crippen LogP contribution in [0.3, 0.4) is 0 Å². The fourth-order valence-corrected chi connectivity index (χ4v) is 11.3. The number of hydrogen-bond donors (Lipinski definition) is 0. The molecule has 0 amide bonds. The van der Waals surface area contributed by atoms with Gasteiger partial charge in [-0.3, -0.25) is 14.4 Å². The third kappa shape index (κ3) is 68.4. The number of hydrogen-bond acceptors (Lipinski definition) is 6. The zero-order valence-electron chi connectivity index (χ0n) is 55.5. The second-order valence-electron chi connectivity index (χ2n) is 25.2. The maximum absolute atomic E-state index is 13.0. The molecule has 6 nitrogen and oxygen atoms in total. The molecule has 6 heteroatoms. The summed E-state index contributed by atoms with van der Waals surface area (Å²) in [7, 11) is 0. The highest BCUT2D eigenvalue weighted by Crippen LogP contribution is 2.19. The standard InChI is InChI=1S/C76H142O6/c1-4-7-10-13-16-19-22-25-28-31-33-35-36-37-38-39-41-42-45-48-51-54-57-60-63-66-69-75(78)81-72-73(71-80-74(77)68-65-62-59-56-53-50-47-44-30-27-24-21-18-15-12-9-6-3)82-76(79)70-67-64-61-58-55-52-49-46-43-40-34-32-29-26-23-20-17-14-11-8-5-2/h23,26-27,30,32,34,73H,4-22,24-25,28-29,31,33,35-72H2,1-3H3/b26-23-,30-27-,34-32-. The Morgan fingerprint density at radius 1 is 0.244 bits per heavy atom. The van der Waals surface area contributed by atoms with Crippen molar-refractivity contribution < 1.29 is 28.6 Å². The topological polar surface area (TPSA) is 78.9 Å². The van der Waals surface area contributed by atoms with Gasteiger partial charge in [-0.05, 0) is 77.0 Å². The lowest BCUT2D eigenvalue weighted by atomic mass is 10.0. The molecule has 0 spiro atoms. The summed E-state index contributed by atoms with van der Waals surface area (Å²) in [4.78, 5) is 38.5. The molecule has 1 atom stereocenters. The number of carbonyl (C=O) groups is 3. The van der Waals surface area contributed by atoms with E-state index in [9.17, 15) is 14.4 Å². The average molecular weight is 1150 g/mol. The number of unbranched alkanes of at least 4 members (excludes halogenated alkanes) is 52. The van der Waals surface area contributed by atoms with E-state index in [1.165, 1.54) is 308 Å². The molecule has 0 radical (unpaired) electrons. The van der Waals surface area contributed by atoms with Gasteiger partial charge in [-0.15, -0.1) is 0 Å². The molecule has 82 heavy (non-hydrogen) atoms. The maximum Gasteiger partial charge on any atom is 0.306 e. The van der Waals surface area contributed by atoms with Crippen LogP contribution in [-0.4, -0.2) is 37.2 Å². The van der Waals surface area contributed by atoms with E-state index >= 15 is 0 Å². The van der Waals surface area contributed by atoms with Crippen molar-refractivity contribution in [3.05, 3.63) is 36.5 Å². The molecule has 0 aromatic carbocycles. The molecule has 0 bridgehead atoms. The molecule has 0 saturated heterocycles. The van der Waals surface area contributed by atoms with E-state index in [0.717, 1.165) is 64.2 Å². The molecule has 0 heterocycles. The van der Waals surface area contributed by atoms with Gasteiger partial charge in [-0.25, -0.2) is 0 Å². The van der Waals surface area contributed by atoms with Crippen molar-refractivity contribution in [3.8, 4) is 0 Å². The van der Waals surface area contributed by atoms with Crippen LogP contribution in [0.2, 0.25) is 0 Å². The first-order chi connectivity index (χ1) is 40.5. The van der Waals surface area contributed by atoms with Crippen LogP contribution in [0.25, 0.3) is 0 Å². The number of ether oxygens (including phenoxy) is 3. The Labute approximate surface area is 512 Å². The third-order valence-corrected chi connectivity index (χ3v) is 16.9. The van der Waals surface area contributed by atoms with Gasteiger partial charge in [0.1, 0.15) is 13.2 Å². The van der Waals surface area contributed by atoms with Crippen molar-refractivity contribution in [1.29, 1.82) is 0 Å². The number of carbonyl (C=O) groups excluding carboxylic acids is 3. The first kappa shape index (κ1) is 79.6. The molecule has 0 aliphatic carbocycles. The summed E-state index contributed by atoms with van der Waals surface area (Å²) in [5.74, 6) is -0.848. The van der Waals surface area contributed by atoms with E-state index in [4.69, 9.17) is 14.2 Å². The van der Waals surface area contributed by atoms with Crippen LogP contribution in [0.15, 0.2) is 36.5 Å². The second-order valence-corrected chi connectivity index (χ2v) is 25.2. The van der Waals surface area contributed by atoms with Gasteiger partial charge in [0.05, 0.1) is 0 Å². The van der Waals surface area contributed by atoms with Crippen LogP contribution >= 0.6 is 0 Å². The first-order valence-corrected chi connectivity index (χ1v) is 37.0. The quantitative estimate of drug-likeness (QED) is 0.0261. The van der Waals surface area contributed by atoms with Crippen molar-refractivity contribution in [1.82, 2.24) is 0 Å². The van der Waals surface area contributed by atoms with Crippen molar-refractivity contribution >= 4 is 17.9 Å². The second kappa shape index (κ2) is 71.1. The minimum atomic E-state index is -0.776. The van der Waals surface area contributed by atoms with Gasteiger partial charge in [-0.2, -0.15) is 0 Å². The molecule has 0 N–H and O–H groups in total. The Morgan fingerprint density at radius 3 is 0.683 bits per heavy atom. The monoisotopic (exact) mass is 1150 g/mol. The van der Waals surface area contributed by atoms with Gasteiger partial charge in [0.25, 0.3) is 0 Å². The lowest BCUT2D eigenvalue weighted by molar-refractivity contribution is -0.167. The van der Waals surface area contributed by atoms with Crippen LogP contribution in [0, 0.1) is 0 Å².